The van der Waals surface area contributed by atoms with Crippen molar-refractivity contribution in [1.82, 2.24) is 14.8 Å². The minimum absolute atomic E-state index is 0.269. The van der Waals surface area contributed by atoms with Crippen molar-refractivity contribution in [2.75, 3.05) is 0 Å². The molecule has 1 heterocycles. The first-order valence-corrected chi connectivity index (χ1v) is 6.42. The van der Waals surface area contributed by atoms with Crippen LogP contribution in [0.3, 0.4) is 0 Å². The van der Waals surface area contributed by atoms with E-state index in [9.17, 15) is 13.2 Å². The molecule has 112 valence electrons. The van der Waals surface area contributed by atoms with Crippen LogP contribution in [-0.2, 0) is 0 Å². The summed E-state index contributed by atoms with van der Waals surface area (Å²) in [6.07, 6.45) is 2.58. The largest absolute Gasteiger partial charge is 0.573 e. The van der Waals surface area contributed by atoms with Crippen LogP contribution in [0.25, 0.3) is 11.8 Å². The molecule has 0 bridgehead atoms. The molecular formula is C14H14F3N3O. The van der Waals surface area contributed by atoms with Gasteiger partial charge in [-0.2, -0.15) is 0 Å². The minimum atomic E-state index is -4.69. The Morgan fingerprint density at radius 1 is 1.24 bits per heavy atom. The highest BCUT2D eigenvalue weighted by molar-refractivity contribution is 5.41. The van der Waals surface area contributed by atoms with Gasteiger partial charge in [0.2, 0.25) is 0 Å². The van der Waals surface area contributed by atoms with Gasteiger partial charge < -0.3 is 4.74 Å². The smallest absolute Gasteiger partial charge is 0.406 e. The summed E-state index contributed by atoms with van der Waals surface area (Å²) in [5.74, 6) is 0.286. The molecule has 0 saturated heterocycles. The van der Waals surface area contributed by atoms with Gasteiger partial charge in [-0.1, -0.05) is 19.4 Å². The van der Waals surface area contributed by atoms with E-state index >= 15 is 0 Å². The van der Waals surface area contributed by atoms with E-state index in [0.717, 1.165) is 12.8 Å². The van der Waals surface area contributed by atoms with Crippen molar-refractivity contribution in [3.63, 3.8) is 0 Å². The van der Waals surface area contributed by atoms with Crippen LogP contribution >= 0.6 is 0 Å². The first kappa shape index (κ1) is 15.1. The zero-order chi connectivity index (χ0) is 15.3. The Kier molecular flexibility index (Phi) is 4.62. The maximum Gasteiger partial charge on any atom is 0.573 e. The third-order valence-electron chi connectivity index (χ3n) is 2.57. The fraction of sp³-hybridized carbons (Fsp3) is 0.286. The molecule has 0 saturated carbocycles. The number of alkyl halides is 3. The summed E-state index contributed by atoms with van der Waals surface area (Å²) in [6, 6.07) is 5.43. The summed E-state index contributed by atoms with van der Waals surface area (Å²) in [5.41, 5.74) is 0.604. The van der Waals surface area contributed by atoms with Crippen LogP contribution in [0.15, 0.2) is 36.7 Å². The Labute approximate surface area is 119 Å². The molecule has 0 fully saturated rings. The van der Waals surface area contributed by atoms with Crippen LogP contribution < -0.4 is 4.74 Å². The molecule has 0 aliphatic rings. The molecule has 0 aliphatic heterocycles. The molecule has 0 N–H and O–H groups in total. The SMILES string of the molecule is CCC/C=C/c1ncn(-c2ccc(OC(F)(F)F)cc2)n1. The van der Waals surface area contributed by atoms with Gasteiger partial charge in [0.1, 0.15) is 12.1 Å². The summed E-state index contributed by atoms with van der Waals surface area (Å²) in [6.45, 7) is 2.07. The van der Waals surface area contributed by atoms with Crippen molar-refractivity contribution >= 4 is 6.08 Å². The Hall–Kier alpha value is -2.31. The van der Waals surface area contributed by atoms with Gasteiger partial charge in [0.05, 0.1) is 5.69 Å². The summed E-state index contributed by atoms with van der Waals surface area (Å²) < 4.78 is 41.5. The number of unbranched alkanes of at least 4 members (excludes halogenated alkanes) is 1. The quantitative estimate of drug-likeness (QED) is 0.838. The molecule has 1 aromatic heterocycles. The van der Waals surface area contributed by atoms with Gasteiger partial charge in [0, 0.05) is 0 Å². The van der Waals surface area contributed by atoms with Crippen molar-refractivity contribution in [1.29, 1.82) is 0 Å². The lowest BCUT2D eigenvalue weighted by molar-refractivity contribution is -0.274. The van der Waals surface area contributed by atoms with Gasteiger partial charge in [-0.25, -0.2) is 9.67 Å². The zero-order valence-corrected chi connectivity index (χ0v) is 11.3. The molecule has 0 amide bonds. The topological polar surface area (TPSA) is 39.9 Å². The van der Waals surface area contributed by atoms with E-state index < -0.39 is 6.36 Å². The maximum absolute atomic E-state index is 12.1. The zero-order valence-electron chi connectivity index (χ0n) is 11.3. The van der Waals surface area contributed by atoms with Crippen LogP contribution in [0.1, 0.15) is 25.6 Å². The molecule has 4 nitrogen and oxygen atoms in total. The number of ether oxygens (including phenoxy) is 1. The van der Waals surface area contributed by atoms with Crippen molar-refractivity contribution in [2.45, 2.75) is 26.1 Å². The summed E-state index contributed by atoms with van der Waals surface area (Å²) >= 11 is 0. The highest BCUT2D eigenvalue weighted by Gasteiger charge is 2.30. The van der Waals surface area contributed by atoms with E-state index in [2.05, 4.69) is 21.7 Å². The lowest BCUT2D eigenvalue weighted by Crippen LogP contribution is -2.17. The molecule has 0 aliphatic carbocycles. The van der Waals surface area contributed by atoms with Crippen LogP contribution in [-0.4, -0.2) is 21.1 Å². The Balaban J connectivity index is 2.08. The second-order valence-corrected chi connectivity index (χ2v) is 4.28. The second-order valence-electron chi connectivity index (χ2n) is 4.28. The van der Waals surface area contributed by atoms with Crippen molar-refractivity contribution in [3.8, 4) is 11.4 Å². The average Bonchev–Trinajstić information content (AvgIpc) is 2.87. The second kappa shape index (κ2) is 6.43. The lowest BCUT2D eigenvalue weighted by atomic mass is 10.3. The van der Waals surface area contributed by atoms with E-state index in [1.165, 1.54) is 35.3 Å². The van der Waals surface area contributed by atoms with Gasteiger partial charge in [0.25, 0.3) is 0 Å². The fourth-order valence-corrected chi connectivity index (χ4v) is 1.63. The highest BCUT2D eigenvalue weighted by Crippen LogP contribution is 2.23. The fourth-order valence-electron chi connectivity index (χ4n) is 1.63. The van der Waals surface area contributed by atoms with Gasteiger partial charge in [-0.15, -0.1) is 18.3 Å². The third-order valence-corrected chi connectivity index (χ3v) is 2.57. The number of nitrogens with zero attached hydrogens (tertiary/aromatic N) is 3. The minimum Gasteiger partial charge on any atom is -0.406 e. The van der Waals surface area contributed by atoms with Crippen LogP contribution in [0.2, 0.25) is 0 Å². The van der Waals surface area contributed by atoms with Crippen LogP contribution in [0, 0.1) is 0 Å². The van der Waals surface area contributed by atoms with E-state index in [1.54, 1.807) is 6.08 Å². The van der Waals surface area contributed by atoms with E-state index in [-0.39, 0.29) is 5.75 Å². The van der Waals surface area contributed by atoms with Crippen LogP contribution in [0.4, 0.5) is 13.2 Å². The molecule has 0 spiro atoms. The standard InChI is InChI=1S/C14H14F3N3O/c1-2-3-4-5-13-18-10-20(19-13)11-6-8-12(9-7-11)21-14(15,16)17/h4-10H,2-3H2,1H3/b5-4+. The van der Waals surface area contributed by atoms with Gasteiger partial charge in [-0.3, -0.25) is 0 Å². The van der Waals surface area contributed by atoms with Gasteiger partial charge in [-0.05, 0) is 36.8 Å². The molecule has 7 heteroatoms. The Bertz CT molecular complexity index is 603. The number of aromatic nitrogens is 3. The predicted molar refractivity (Wildman–Crippen MR) is 72.0 cm³/mol. The van der Waals surface area contributed by atoms with Gasteiger partial charge >= 0.3 is 6.36 Å². The average molecular weight is 297 g/mol. The van der Waals surface area contributed by atoms with E-state index in [0.29, 0.717) is 11.5 Å². The number of halogens is 3. The Morgan fingerprint density at radius 2 is 1.95 bits per heavy atom. The molecule has 0 radical (unpaired) electrons. The molecular weight excluding hydrogens is 283 g/mol. The highest BCUT2D eigenvalue weighted by atomic mass is 19.4. The summed E-state index contributed by atoms with van der Waals surface area (Å²) in [5, 5.41) is 4.21. The van der Waals surface area contributed by atoms with E-state index in [4.69, 9.17) is 0 Å². The molecule has 21 heavy (non-hydrogen) atoms. The number of benzene rings is 1. The Morgan fingerprint density at radius 3 is 2.57 bits per heavy atom. The first-order valence-electron chi connectivity index (χ1n) is 6.42. The molecule has 0 atom stereocenters. The number of allylic oxidation sites excluding steroid dienone is 1. The van der Waals surface area contributed by atoms with E-state index in [1.807, 2.05) is 6.08 Å². The number of rotatable bonds is 5. The first-order chi connectivity index (χ1) is 9.98. The normalized spacial score (nSPS) is 12.0. The van der Waals surface area contributed by atoms with Crippen molar-refractivity contribution < 1.29 is 17.9 Å². The summed E-state index contributed by atoms with van der Waals surface area (Å²) in [4.78, 5) is 4.10. The predicted octanol–water partition coefficient (Wildman–Crippen LogP) is 3.98. The lowest BCUT2D eigenvalue weighted by Gasteiger charge is -2.08. The molecule has 1 aromatic carbocycles. The van der Waals surface area contributed by atoms with Gasteiger partial charge in [0.15, 0.2) is 5.82 Å². The molecule has 0 unspecified atom stereocenters. The molecule has 2 aromatic rings. The maximum atomic E-state index is 12.1. The van der Waals surface area contributed by atoms with Crippen LogP contribution in [0.5, 0.6) is 5.75 Å². The third kappa shape index (κ3) is 4.62. The number of hydrogen-bond acceptors (Lipinski definition) is 3. The monoisotopic (exact) mass is 297 g/mol. The van der Waals surface area contributed by atoms with Crippen molar-refractivity contribution in [2.24, 2.45) is 0 Å². The van der Waals surface area contributed by atoms with Crippen molar-refractivity contribution in [3.05, 3.63) is 42.5 Å². The molecule has 2 rings (SSSR count). The summed E-state index contributed by atoms with van der Waals surface area (Å²) in [7, 11) is 0. The number of hydrogen-bond donors (Lipinski definition) is 0.